The van der Waals surface area contributed by atoms with Crippen molar-refractivity contribution in [3.63, 3.8) is 0 Å². The quantitative estimate of drug-likeness (QED) is 0.822. The molecule has 0 spiro atoms. The molecule has 0 amide bonds. The molecule has 1 fully saturated rings. The summed E-state index contributed by atoms with van der Waals surface area (Å²) in [5.41, 5.74) is 1.26. The zero-order valence-electron chi connectivity index (χ0n) is 12.3. The topological polar surface area (TPSA) is 39.1 Å². The Labute approximate surface area is 116 Å². The Hall–Kier alpha value is -0.870. The van der Waals surface area contributed by atoms with E-state index in [1.807, 2.05) is 17.9 Å². The van der Waals surface area contributed by atoms with Gasteiger partial charge in [-0.1, -0.05) is 6.92 Å². The van der Waals surface area contributed by atoms with E-state index in [0.717, 1.165) is 25.6 Å². The molecule has 0 aliphatic heterocycles. The Morgan fingerprint density at radius 2 is 2.16 bits per heavy atom. The van der Waals surface area contributed by atoms with Crippen molar-refractivity contribution in [3.05, 3.63) is 18.0 Å². The van der Waals surface area contributed by atoms with Crippen LogP contribution in [0, 0.1) is 0 Å². The van der Waals surface area contributed by atoms with E-state index >= 15 is 0 Å². The first kappa shape index (κ1) is 14.5. The average Bonchev–Trinajstić information content (AvgIpc) is 2.84. The van der Waals surface area contributed by atoms with Crippen LogP contribution in [0.2, 0.25) is 0 Å². The number of aromatic nitrogens is 2. The van der Waals surface area contributed by atoms with E-state index in [1.54, 1.807) is 0 Å². The first-order valence-electron chi connectivity index (χ1n) is 7.60. The van der Waals surface area contributed by atoms with Gasteiger partial charge in [0.25, 0.3) is 0 Å². The minimum absolute atomic E-state index is 0.469. The fourth-order valence-electron chi connectivity index (χ4n) is 2.73. The Bertz CT molecular complexity index is 356. The van der Waals surface area contributed by atoms with Crippen molar-refractivity contribution in [2.45, 2.75) is 57.6 Å². The van der Waals surface area contributed by atoms with E-state index in [0.29, 0.717) is 6.10 Å². The summed E-state index contributed by atoms with van der Waals surface area (Å²) in [6, 6.07) is 0.720. The van der Waals surface area contributed by atoms with Crippen LogP contribution in [0.4, 0.5) is 0 Å². The molecule has 1 aliphatic rings. The molecule has 0 atom stereocenters. The van der Waals surface area contributed by atoms with Crippen LogP contribution in [0.5, 0.6) is 0 Å². The van der Waals surface area contributed by atoms with Crippen molar-refractivity contribution >= 4 is 0 Å². The van der Waals surface area contributed by atoms with Gasteiger partial charge in [-0.3, -0.25) is 4.68 Å². The number of hydrogen-bond donors (Lipinski definition) is 1. The second-order valence-corrected chi connectivity index (χ2v) is 5.57. The Balaban J connectivity index is 1.58. The number of aryl methyl sites for hydroxylation is 1. The highest BCUT2D eigenvalue weighted by Gasteiger charge is 2.20. The standard InChI is InChI=1S/C15H27N3O/c1-3-9-16-14-4-6-15(7-5-14)19-10-8-13-11-17-18(2)12-13/h11-12,14-16H,3-10H2,1-2H3. The maximum atomic E-state index is 5.98. The molecule has 0 saturated heterocycles. The molecule has 0 radical (unpaired) electrons. The molecule has 0 aromatic carbocycles. The van der Waals surface area contributed by atoms with Crippen LogP contribution in [0.25, 0.3) is 0 Å². The monoisotopic (exact) mass is 265 g/mol. The smallest absolute Gasteiger partial charge is 0.0576 e. The highest BCUT2D eigenvalue weighted by molar-refractivity contribution is 5.03. The first-order chi connectivity index (χ1) is 9.28. The summed E-state index contributed by atoms with van der Waals surface area (Å²) in [7, 11) is 1.95. The summed E-state index contributed by atoms with van der Waals surface area (Å²) < 4.78 is 7.83. The van der Waals surface area contributed by atoms with Gasteiger partial charge in [0.1, 0.15) is 0 Å². The number of nitrogens with one attached hydrogen (secondary N) is 1. The van der Waals surface area contributed by atoms with Gasteiger partial charge in [-0.2, -0.15) is 5.10 Å². The lowest BCUT2D eigenvalue weighted by Gasteiger charge is -2.29. The minimum atomic E-state index is 0.469. The molecule has 2 rings (SSSR count). The third kappa shape index (κ3) is 4.96. The molecule has 1 aromatic rings. The van der Waals surface area contributed by atoms with Crippen molar-refractivity contribution in [1.29, 1.82) is 0 Å². The molecule has 1 aromatic heterocycles. The molecule has 4 nitrogen and oxygen atoms in total. The highest BCUT2D eigenvalue weighted by Crippen LogP contribution is 2.21. The first-order valence-corrected chi connectivity index (χ1v) is 7.60. The SMILES string of the molecule is CCCNC1CCC(OCCc2cnn(C)c2)CC1. The van der Waals surface area contributed by atoms with Crippen LogP contribution in [-0.4, -0.2) is 35.1 Å². The fourth-order valence-corrected chi connectivity index (χ4v) is 2.73. The van der Waals surface area contributed by atoms with E-state index in [4.69, 9.17) is 4.74 Å². The second-order valence-electron chi connectivity index (χ2n) is 5.57. The van der Waals surface area contributed by atoms with Gasteiger partial charge < -0.3 is 10.1 Å². The van der Waals surface area contributed by atoms with Crippen molar-refractivity contribution < 1.29 is 4.74 Å². The second kappa shape index (κ2) is 7.65. The Morgan fingerprint density at radius 1 is 1.37 bits per heavy atom. The van der Waals surface area contributed by atoms with Gasteiger partial charge in [0.15, 0.2) is 0 Å². The Morgan fingerprint density at radius 3 is 2.79 bits per heavy atom. The number of nitrogens with zero attached hydrogens (tertiary/aromatic N) is 2. The maximum Gasteiger partial charge on any atom is 0.0576 e. The van der Waals surface area contributed by atoms with E-state index in [9.17, 15) is 0 Å². The van der Waals surface area contributed by atoms with Crippen molar-refractivity contribution in [2.75, 3.05) is 13.2 Å². The van der Waals surface area contributed by atoms with Gasteiger partial charge >= 0.3 is 0 Å². The lowest BCUT2D eigenvalue weighted by atomic mass is 9.93. The molecule has 19 heavy (non-hydrogen) atoms. The molecule has 1 aliphatic carbocycles. The molecule has 108 valence electrons. The van der Waals surface area contributed by atoms with Gasteiger partial charge in [-0.05, 0) is 50.6 Å². The maximum absolute atomic E-state index is 5.98. The summed E-state index contributed by atoms with van der Waals surface area (Å²) in [5.74, 6) is 0. The summed E-state index contributed by atoms with van der Waals surface area (Å²) in [4.78, 5) is 0. The molecule has 0 unspecified atom stereocenters. The fraction of sp³-hybridized carbons (Fsp3) is 0.800. The zero-order valence-corrected chi connectivity index (χ0v) is 12.3. The number of hydrogen-bond acceptors (Lipinski definition) is 3. The van der Waals surface area contributed by atoms with E-state index in [2.05, 4.69) is 23.5 Å². The van der Waals surface area contributed by atoms with Crippen molar-refractivity contribution in [1.82, 2.24) is 15.1 Å². The average molecular weight is 265 g/mol. The molecular weight excluding hydrogens is 238 g/mol. The van der Waals surface area contributed by atoms with Crippen LogP contribution in [0.15, 0.2) is 12.4 Å². The predicted molar refractivity (Wildman–Crippen MR) is 77.2 cm³/mol. The van der Waals surface area contributed by atoms with Crippen LogP contribution < -0.4 is 5.32 Å². The van der Waals surface area contributed by atoms with Crippen LogP contribution >= 0.6 is 0 Å². The zero-order chi connectivity index (χ0) is 13.5. The minimum Gasteiger partial charge on any atom is -0.378 e. The van der Waals surface area contributed by atoms with Gasteiger partial charge in [0.2, 0.25) is 0 Å². The molecule has 4 heteroatoms. The summed E-state index contributed by atoms with van der Waals surface area (Å²) in [5, 5.41) is 7.78. The third-order valence-corrected chi connectivity index (χ3v) is 3.86. The van der Waals surface area contributed by atoms with Gasteiger partial charge in [-0.25, -0.2) is 0 Å². The predicted octanol–water partition coefficient (Wildman–Crippen LogP) is 2.29. The van der Waals surface area contributed by atoms with Gasteiger partial charge in [0.05, 0.1) is 18.9 Å². The summed E-state index contributed by atoms with van der Waals surface area (Å²) in [6.45, 7) is 4.20. The van der Waals surface area contributed by atoms with E-state index in [-0.39, 0.29) is 0 Å². The van der Waals surface area contributed by atoms with E-state index in [1.165, 1.54) is 37.7 Å². The van der Waals surface area contributed by atoms with Gasteiger partial charge in [-0.15, -0.1) is 0 Å². The molecular formula is C15H27N3O. The van der Waals surface area contributed by atoms with Crippen molar-refractivity contribution in [3.8, 4) is 0 Å². The van der Waals surface area contributed by atoms with Crippen LogP contribution in [0.3, 0.4) is 0 Å². The highest BCUT2D eigenvalue weighted by atomic mass is 16.5. The largest absolute Gasteiger partial charge is 0.378 e. The van der Waals surface area contributed by atoms with Crippen LogP contribution in [-0.2, 0) is 18.2 Å². The molecule has 1 heterocycles. The lowest BCUT2D eigenvalue weighted by Crippen LogP contribution is -2.35. The number of rotatable bonds is 7. The molecule has 1 N–H and O–H groups in total. The van der Waals surface area contributed by atoms with Crippen LogP contribution in [0.1, 0.15) is 44.6 Å². The number of ether oxygens (including phenoxy) is 1. The lowest BCUT2D eigenvalue weighted by molar-refractivity contribution is 0.0243. The van der Waals surface area contributed by atoms with E-state index < -0.39 is 0 Å². The summed E-state index contributed by atoms with van der Waals surface area (Å²) in [6.07, 6.45) is 11.6. The Kier molecular flexibility index (Phi) is 5.86. The molecule has 1 saturated carbocycles. The summed E-state index contributed by atoms with van der Waals surface area (Å²) >= 11 is 0. The van der Waals surface area contributed by atoms with Gasteiger partial charge in [0, 0.05) is 19.3 Å². The molecule has 0 bridgehead atoms. The third-order valence-electron chi connectivity index (χ3n) is 3.86. The normalized spacial score (nSPS) is 23.7. The van der Waals surface area contributed by atoms with Crippen molar-refractivity contribution in [2.24, 2.45) is 7.05 Å².